The summed E-state index contributed by atoms with van der Waals surface area (Å²) in [6.07, 6.45) is 7.22. The average molecular weight is 407 g/mol. The number of halogens is 1. The minimum atomic E-state index is -0.570. The molecule has 25 heavy (non-hydrogen) atoms. The van der Waals surface area contributed by atoms with Gasteiger partial charge in [0.15, 0.2) is 6.61 Å². The summed E-state index contributed by atoms with van der Waals surface area (Å²) in [5.74, 6) is 1.50. The lowest BCUT2D eigenvalue weighted by molar-refractivity contribution is -0.130. The van der Waals surface area contributed by atoms with Gasteiger partial charge in [0.2, 0.25) is 0 Å². The number of nitrogens with two attached hydrogens (primary N) is 1. The Morgan fingerprint density at radius 2 is 1.76 bits per heavy atom. The predicted molar refractivity (Wildman–Crippen MR) is 97.9 cm³/mol. The Bertz CT molecular complexity index is 683. The number of carbonyl (C=O) groups is 2. The summed E-state index contributed by atoms with van der Waals surface area (Å²) >= 11 is 3.31. The molecule has 0 aliphatic heterocycles. The molecule has 4 aliphatic rings. The molecule has 1 aromatic rings. The maximum absolute atomic E-state index is 12.4. The maximum Gasteiger partial charge on any atom is 0.340 e. The van der Waals surface area contributed by atoms with Crippen molar-refractivity contribution in [1.82, 2.24) is 5.32 Å². The van der Waals surface area contributed by atoms with E-state index in [-0.39, 0.29) is 23.6 Å². The van der Waals surface area contributed by atoms with Crippen LogP contribution in [0.4, 0.5) is 5.69 Å². The summed E-state index contributed by atoms with van der Waals surface area (Å²) in [6.45, 7) is -0.257. The van der Waals surface area contributed by atoms with E-state index in [9.17, 15) is 9.59 Å². The van der Waals surface area contributed by atoms with Gasteiger partial charge in [0.1, 0.15) is 0 Å². The van der Waals surface area contributed by atoms with Crippen molar-refractivity contribution in [3.8, 4) is 0 Å². The fourth-order valence-corrected chi connectivity index (χ4v) is 5.87. The van der Waals surface area contributed by atoms with Crippen molar-refractivity contribution in [2.75, 3.05) is 12.3 Å². The Kier molecular flexibility index (Phi) is 4.26. The van der Waals surface area contributed by atoms with E-state index in [0.717, 1.165) is 41.5 Å². The number of rotatable bonds is 4. The van der Waals surface area contributed by atoms with Crippen LogP contribution in [0.3, 0.4) is 0 Å². The zero-order chi connectivity index (χ0) is 17.6. The first kappa shape index (κ1) is 16.9. The highest BCUT2D eigenvalue weighted by Crippen LogP contribution is 2.55. The van der Waals surface area contributed by atoms with E-state index in [4.69, 9.17) is 10.5 Å². The van der Waals surface area contributed by atoms with Crippen molar-refractivity contribution in [1.29, 1.82) is 0 Å². The van der Waals surface area contributed by atoms with Gasteiger partial charge in [-0.3, -0.25) is 4.79 Å². The highest BCUT2D eigenvalue weighted by Gasteiger charge is 2.51. The monoisotopic (exact) mass is 406 g/mol. The molecule has 1 amide bonds. The SMILES string of the molecule is Nc1ccc(Br)cc1C(=O)OCC(=O)NC12CC3CC(CC(C3)C1)C2. The van der Waals surface area contributed by atoms with Crippen LogP contribution >= 0.6 is 15.9 Å². The second-order valence-corrected chi connectivity index (χ2v) is 8.97. The molecule has 0 atom stereocenters. The molecule has 4 fully saturated rings. The summed E-state index contributed by atoms with van der Waals surface area (Å²) in [5.41, 5.74) is 6.36. The smallest absolute Gasteiger partial charge is 0.340 e. The minimum absolute atomic E-state index is 0.0625. The van der Waals surface area contributed by atoms with Crippen molar-refractivity contribution in [3.05, 3.63) is 28.2 Å². The van der Waals surface area contributed by atoms with E-state index >= 15 is 0 Å². The maximum atomic E-state index is 12.4. The van der Waals surface area contributed by atoms with Gasteiger partial charge in [-0.25, -0.2) is 4.79 Å². The average Bonchev–Trinajstić information content (AvgIpc) is 2.53. The van der Waals surface area contributed by atoms with E-state index in [0.29, 0.717) is 5.69 Å². The molecule has 0 saturated heterocycles. The number of nitrogen functional groups attached to an aromatic ring is 1. The molecule has 3 N–H and O–H groups in total. The van der Waals surface area contributed by atoms with Crippen LogP contribution in [0.15, 0.2) is 22.7 Å². The van der Waals surface area contributed by atoms with Crippen LogP contribution in [0, 0.1) is 17.8 Å². The van der Waals surface area contributed by atoms with Crippen LogP contribution in [-0.4, -0.2) is 24.0 Å². The molecule has 0 spiro atoms. The van der Waals surface area contributed by atoms with E-state index in [1.165, 1.54) is 19.3 Å². The molecular weight excluding hydrogens is 384 g/mol. The molecule has 4 saturated carbocycles. The zero-order valence-corrected chi connectivity index (χ0v) is 15.7. The number of carbonyl (C=O) groups excluding carboxylic acids is 2. The van der Waals surface area contributed by atoms with Crippen molar-refractivity contribution < 1.29 is 14.3 Å². The molecular formula is C19H23BrN2O3. The molecule has 0 heterocycles. The first-order valence-corrected chi connectivity index (χ1v) is 9.75. The fraction of sp³-hybridized carbons (Fsp3) is 0.579. The van der Waals surface area contributed by atoms with Crippen LogP contribution in [0.5, 0.6) is 0 Å². The third-order valence-electron chi connectivity index (χ3n) is 6.01. The van der Waals surface area contributed by atoms with E-state index < -0.39 is 5.97 Å². The normalized spacial score (nSPS) is 32.4. The second-order valence-electron chi connectivity index (χ2n) is 8.05. The molecule has 1 aromatic carbocycles. The Morgan fingerprint density at radius 3 is 2.36 bits per heavy atom. The number of amides is 1. The standard InChI is InChI=1S/C19H23BrN2O3/c20-14-1-2-16(21)15(6-14)18(24)25-10-17(23)22-19-7-11-3-12(8-19)5-13(4-11)9-19/h1-2,6,11-13H,3-5,7-10,21H2,(H,22,23). The van der Waals surface area contributed by atoms with Crippen LogP contribution in [0.1, 0.15) is 48.9 Å². The number of esters is 1. The Labute approximate surface area is 155 Å². The van der Waals surface area contributed by atoms with Crippen LogP contribution in [-0.2, 0) is 9.53 Å². The largest absolute Gasteiger partial charge is 0.452 e. The molecule has 0 aromatic heterocycles. The van der Waals surface area contributed by atoms with E-state index in [1.807, 2.05) is 0 Å². The number of benzene rings is 1. The first-order chi connectivity index (χ1) is 11.9. The number of hydrogen-bond acceptors (Lipinski definition) is 4. The van der Waals surface area contributed by atoms with E-state index in [1.54, 1.807) is 18.2 Å². The van der Waals surface area contributed by atoms with Crippen molar-refractivity contribution in [3.63, 3.8) is 0 Å². The van der Waals surface area contributed by atoms with E-state index in [2.05, 4.69) is 21.2 Å². The number of hydrogen-bond donors (Lipinski definition) is 2. The Morgan fingerprint density at radius 1 is 1.16 bits per heavy atom. The summed E-state index contributed by atoms with van der Waals surface area (Å²) in [4.78, 5) is 24.6. The highest BCUT2D eigenvalue weighted by molar-refractivity contribution is 9.10. The molecule has 0 unspecified atom stereocenters. The summed E-state index contributed by atoms with van der Waals surface area (Å²) in [5, 5.41) is 3.20. The molecule has 4 bridgehead atoms. The zero-order valence-electron chi connectivity index (χ0n) is 14.1. The fourth-order valence-electron chi connectivity index (χ4n) is 5.51. The van der Waals surface area contributed by atoms with Gasteiger partial charge in [0.05, 0.1) is 5.56 Å². The lowest BCUT2D eigenvalue weighted by Gasteiger charge is -2.56. The lowest BCUT2D eigenvalue weighted by atomic mass is 9.53. The van der Waals surface area contributed by atoms with Crippen LogP contribution < -0.4 is 11.1 Å². The summed E-state index contributed by atoms with van der Waals surface area (Å²) in [6, 6.07) is 5.00. The summed E-state index contributed by atoms with van der Waals surface area (Å²) < 4.78 is 5.93. The van der Waals surface area contributed by atoms with Gasteiger partial charge in [-0.05, 0) is 74.5 Å². The number of anilines is 1. The van der Waals surface area contributed by atoms with Gasteiger partial charge >= 0.3 is 5.97 Å². The van der Waals surface area contributed by atoms with Gasteiger partial charge in [0.25, 0.3) is 5.91 Å². The van der Waals surface area contributed by atoms with Gasteiger partial charge < -0.3 is 15.8 Å². The van der Waals surface area contributed by atoms with Crippen molar-refractivity contribution in [2.24, 2.45) is 17.8 Å². The molecule has 6 heteroatoms. The molecule has 5 rings (SSSR count). The third-order valence-corrected chi connectivity index (χ3v) is 6.51. The minimum Gasteiger partial charge on any atom is -0.452 e. The molecule has 0 radical (unpaired) electrons. The first-order valence-electron chi connectivity index (χ1n) is 8.96. The third kappa shape index (κ3) is 3.41. The topological polar surface area (TPSA) is 81.4 Å². The molecule has 4 aliphatic carbocycles. The molecule has 5 nitrogen and oxygen atoms in total. The predicted octanol–water partition coefficient (Wildman–Crippen LogP) is 3.27. The number of nitrogens with one attached hydrogen (secondary N) is 1. The van der Waals surface area contributed by atoms with Gasteiger partial charge in [-0.1, -0.05) is 15.9 Å². The second kappa shape index (κ2) is 6.31. The Hall–Kier alpha value is -1.56. The van der Waals surface area contributed by atoms with Crippen LogP contribution in [0.25, 0.3) is 0 Å². The summed E-state index contributed by atoms with van der Waals surface area (Å²) in [7, 11) is 0. The lowest BCUT2D eigenvalue weighted by Crippen LogP contribution is -2.60. The van der Waals surface area contributed by atoms with Gasteiger partial charge in [0, 0.05) is 15.7 Å². The van der Waals surface area contributed by atoms with Gasteiger partial charge in [-0.15, -0.1) is 0 Å². The Balaban J connectivity index is 1.35. The molecule has 134 valence electrons. The number of ether oxygens (including phenoxy) is 1. The van der Waals surface area contributed by atoms with Gasteiger partial charge in [-0.2, -0.15) is 0 Å². The van der Waals surface area contributed by atoms with Crippen molar-refractivity contribution >= 4 is 33.5 Å². The van der Waals surface area contributed by atoms with Crippen molar-refractivity contribution in [2.45, 2.75) is 44.1 Å². The quantitative estimate of drug-likeness (QED) is 0.593. The van der Waals surface area contributed by atoms with Crippen LogP contribution in [0.2, 0.25) is 0 Å². The highest BCUT2D eigenvalue weighted by atomic mass is 79.9.